The van der Waals surface area contributed by atoms with Crippen LogP contribution in [-0.4, -0.2) is 16.3 Å². The summed E-state index contributed by atoms with van der Waals surface area (Å²) >= 11 is 0. The highest BCUT2D eigenvalue weighted by Gasteiger charge is 2.17. The summed E-state index contributed by atoms with van der Waals surface area (Å²) in [7, 11) is 0. The number of halogens is 3. The van der Waals surface area contributed by atoms with Crippen LogP contribution < -0.4 is 5.73 Å². The molecule has 1 aromatic carbocycles. The monoisotopic (exact) mass is 269 g/mol. The van der Waals surface area contributed by atoms with Crippen LogP contribution >= 0.6 is 0 Å². The Morgan fingerprint density at radius 3 is 2.37 bits per heavy atom. The lowest BCUT2D eigenvalue weighted by Crippen LogP contribution is -2.06. The first-order valence-corrected chi connectivity index (χ1v) is 5.85. The summed E-state index contributed by atoms with van der Waals surface area (Å²) in [6, 6.07) is 1.32. The molecule has 0 radical (unpaired) electrons. The maximum absolute atomic E-state index is 13.7. The molecule has 2 rings (SSSR count). The van der Waals surface area contributed by atoms with Gasteiger partial charge in [0.05, 0.1) is 5.69 Å². The third-order valence-corrected chi connectivity index (χ3v) is 3.05. The minimum absolute atomic E-state index is 0.109. The highest BCUT2D eigenvalue weighted by Crippen LogP contribution is 2.22. The van der Waals surface area contributed by atoms with Crippen molar-refractivity contribution < 1.29 is 13.2 Å². The van der Waals surface area contributed by atoms with Gasteiger partial charge in [0.25, 0.3) is 0 Å². The Balaban J connectivity index is 2.60. The molecule has 0 bridgehead atoms. The fourth-order valence-corrected chi connectivity index (χ4v) is 2.09. The van der Waals surface area contributed by atoms with Crippen LogP contribution in [0.4, 0.5) is 13.2 Å². The minimum atomic E-state index is -1.22. The number of aryl methyl sites for hydroxylation is 1. The van der Waals surface area contributed by atoms with E-state index in [0.29, 0.717) is 30.4 Å². The van der Waals surface area contributed by atoms with E-state index in [1.54, 1.807) is 13.8 Å². The van der Waals surface area contributed by atoms with Gasteiger partial charge in [-0.05, 0) is 32.4 Å². The van der Waals surface area contributed by atoms with E-state index < -0.39 is 17.5 Å². The van der Waals surface area contributed by atoms with Gasteiger partial charge in [0, 0.05) is 17.8 Å². The second-order valence-corrected chi connectivity index (χ2v) is 4.32. The van der Waals surface area contributed by atoms with Crippen molar-refractivity contribution in [1.29, 1.82) is 0 Å². The summed E-state index contributed by atoms with van der Waals surface area (Å²) in [6.45, 7) is 3.95. The van der Waals surface area contributed by atoms with Crippen LogP contribution in [-0.2, 0) is 6.42 Å². The van der Waals surface area contributed by atoms with Crippen LogP contribution in [0, 0.1) is 31.3 Å². The largest absolute Gasteiger partial charge is 0.330 e. The van der Waals surface area contributed by atoms with Gasteiger partial charge < -0.3 is 5.73 Å². The molecule has 0 saturated carbocycles. The van der Waals surface area contributed by atoms with Crippen LogP contribution in [0.5, 0.6) is 0 Å². The Morgan fingerprint density at radius 1 is 1.11 bits per heavy atom. The average Bonchev–Trinajstić information content (AvgIpc) is 2.62. The lowest BCUT2D eigenvalue weighted by Gasteiger charge is -2.07. The molecule has 0 spiro atoms. The Labute approximate surface area is 108 Å². The topological polar surface area (TPSA) is 43.8 Å². The van der Waals surface area contributed by atoms with Gasteiger partial charge in [-0.2, -0.15) is 5.10 Å². The first-order valence-electron chi connectivity index (χ1n) is 5.85. The molecular formula is C13H14F3N3. The predicted molar refractivity (Wildman–Crippen MR) is 65.7 cm³/mol. The highest BCUT2D eigenvalue weighted by molar-refractivity contribution is 5.39. The summed E-state index contributed by atoms with van der Waals surface area (Å²) in [6.07, 6.45) is 0.600. The van der Waals surface area contributed by atoms with Crippen molar-refractivity contribution in [2.24, 2.45) is 5.73 Å². The standard InChI is InChI=1S/C13H14F3N3/c1-7-9(3-4-17)8(2)19(18-7)13-6-11(15)10(14)5-12(13)16/h5-6H,3-4,17H2,1-2H3. The number of nitrogens with zero attached hydrogens (tertiary/aromatic N) is 2. The van der Waals surface area contributed by atoms with Crippen LogP contribution in [0.15, 0.2) is 12.1 Å². The average molecular weight is 269 g/mol. The Hall–Kier alpha value is -1.82. The maximum atomic E-state index is 13.7. The zero-order valence-electron chi connectivity index (χ0n) is 10.7. The highest BCUT2D eigenvalue weighted by atomic mass is 19.2. The van der Waals surface area contributed by atoms with Gasteiger partial charge in [-0.15, -0.1) is 0 Å². The van der Waals surface area contributed by atoms with E-state index in [-0.39, 0.29) is 5.69 Å². The minimum Gasteiger partial charge on any atom is -0.330 e. The predicted octanol–water partition coefficient (Wildman–Crippen LogP) is 2.41. The van der Waals surface area contributed by atoms with Gasteiger partial charge in [0.15, 0.2) is 17.5 Å². The van der Waals surface area contributed by atoms with Crippen LogP contribution in [0.1, 0.15) is 17.0 Å². The molecule has 2 aromatic rings. The van der Waals surface area contributed by atoms with Gasteiger partial charge in [-0.1, -0.05) is 0 Å². The molecule has 0 fully saturated rings. The number of nitrogens with two attached hydrogens (primary N) is 1. The zero-order valence-corrected chi connectivity index (χ0v) is 10.7. The smallest absolute Gasteiger partial charge is 0.161 e. The SMILES string of the molecule is Cc1nn(-c2cc(F)c(F)cc2F)c(C)c1CCN. The third-order valence-electron chi connectivity index (χ3n) is 3.05. The number of rotatable bonds is 3. The summed E-state index contributed by atoms with van der Waals surface area (Å²) < 4.78 is 41.2. The van der Waals surface area contributed by atoms with Crippen LogP contribution in [0.3, 0.4) is 0 Å². The molecule has 0 saturated heterocycles. The van der Waals surface area contributed by atoms with Crippen molar-refractivity contribution >= 4 is 0 Å². The summed E-state index contributed by atoms with van der Waals surface area (Å²) in [4.78, 5) is 0. The van der Waals surface area contributed by atoms with E-state index in [1.807, 2.05) is 0 Å². The van der Waals surface area contributed by atoms with Gasteiger partial charge in [0.2, 0.25) is 0 Å². The molecule has 0 atom stereocenters. The number of aromatic nitrogens is 2. The fraction of sp³-hybridized carbons (Fsp3) is 0.308. The van der Waals surface area contributed by atoms with Crippen LogP contribution in [0.25, 0.3) is 5.69 Å². The van der Waals surface area contributed by atoms with Gasteiger partial charge >= 0.3 is 0 Å². The second kappa shape index (κ2) is 5.05. The maximum Gasteiger partial charge on any atom is 0.161 e. The van der Waals surface area contributed by atoms with E-state index in [1.165, 1.54) is 4.68 Å². The number of benzene rings is 1. The molecule has 0 unspecified atom stereocenters. The molecule has 3 nitrogen and oxygen atoms in total. The summed E-state index contributed by atoms with van der Waals surface area (Å²) in [5.74, 6) is -3.18. The molecular weight excluding hydrogens is 255 g/mol. The quantitative estimate of drug-likeness (QED) is 0.870. The normalized spacial score (nSPS) is 11.1. The molecule has 0 aliphatic heterocycles. The molecule has 102 valence electrons. The van der Waals surface area contributed by atoms with Gasteiger partial charge in [-0.25, -0.2) is 17.9 Å². The van der Waals surface area contributed by atoms with Crippen molar-refractivity contribution in [1.82, 2.24) is 9.78 Å². The zero-order chi connectivity index (χ0) is 14.2. The van der Waals surface area contributed by atoms with E-state index in [0.717, 1.165) is 11.6 Å². The lowest BCUT2D eigenvalue weighted by molar-refractivity contribution is 0.491. The van der Waals surface area contributed by atoms with Crippen molar-refractivity contribution in [3.05, 3.63) is 46.5 Å². The van der Waals surface area contributed by atoms with Crippen molar-refractivity contribution in [3.63, 3.8) is 0 Å². The fourth-order valence-electron chi connectivity index (χ4n) is 2.09. The first-order chi connectivity index (χ1) is 8.95. The summed E-state index contributed by atoms with van der Waals surface area (Å²) in [5.41, 5.74) is 7.66. The molecule has 0 amide bonds. The second-order valence-electron chi connectivity index (χ2n) is 4.32. The molecule has 6 heteroatoms. The molecule has 0 aliphatic carbocycles. The lowest BCUT2D eigenvalue weighted by atomic mass is 10.1. The van der Waals surface area contributed by atoms with E-state index in [9.17, 15) is 13.2 Å². The first kappa shape index (κ1) is 13.6. The Bertz CT molecular complexity index is 620. The number of hydrogen-bond donors (Lipinski definition) is 1. The number of hydrogen-bond acceptors (Lipinski definition) is 2. The molecule has 1 heterocycles. The molecule has 19 heavy (non-hydrogen) atoms. The van der Waals surface area contributed by atoms with E-state index in [4.69, 9.17) is 5.73 Å². The third kappa shape index (κ3) is 2.35. The van der Waals surface area contributed by atoms with Crippen molar-refractivity contribution in [2.45, 2.75) is 20.3 Å². The van der Waals surface area contributed by atoms with Gasteiger partial charge in [-0.3, -0.25) is 0 Å². The molecule has 0 aliphatic rings. The van der Waals surface area contributed by atoms with E-state index >= 15 is 0 Å². The Kier molecular flexibility index (Phi) is 3.61. The molecule has 1 aromatic heterocycles. The Morgan fingerprint density at radius 2 is 1.74 bits per heavy atom. The van der Waals surface area contributed by atoms with Crippen molar-refractivity contribution in [3.8, 4) is 5.69 Å². The van der Waals surface area contributed by atoms with Gasteiger partial charge in [0.1, 0.15) is 5.69 Å². The van der Waals surface area contributed by atoms with Crippen molar-refractivity contribution in [2.75, 3.05) is 6.54 Å². The summed E-state index contributed by atoms with van der Waals surface area (Å²) in [5, 5.41) is 4.16. The van der Waals surface area contributed by atoms with E-state index in [2.05, 4.69) is 5.10 Å². The van der Waals surface area contributed by atoms with Crippen LogP contribution in [0.2, 0.25) is 0 Å². The molecule has 2 N–H and O–H groups in total.